The molecule has 0 aliphatic rings. The predicted octanol–water partition coefficient (Wildman–Crippen LogP) is 2.91. The summed E-state index contributed by atoms with van der Waals surface area (Å²) in [6, 6.07) is 9.25. The third-order valence-electron chi connectivity index (χ3n) is 3.68. The Morgan fingerprint density at radius 2 is 1.85 bits per heavy atom. The molecule has 8 heteroatoms. The maximum atomic E-state index is 11.7. The first-order valence-corrected chi connectivity index (χ1v) is 10.0. The molecule has 0 saturated heterocycles. The predicted molar refractivity (Wildman–Crippen MR) is 104 cm³/mol. The Kier molecular flexibility index (Phi) is 7.08. The van der Waals surface area contributed by atoms with Gasteiger partial charge in [0.2, 0.25) is 10.0 Å². The molecule has 0 unspecified atom stereocenters. The van der Waals surface area contributed by atoms with Crippen LogP contribution in [0.2, 0.25) is 0 Å². The summed E-state index contributed by atoms with van der Waals surface area (Å²) in [6.07, 6.45) is 2.86. The van der Waals surface area contributed by atoms with E-state index in [-0.39, 0.29) is 5.75 Å². The normalized spacial score (nSPS) is 11.0. The van der Waals surface area contributed by atoms with Gasteiger partial charge in [0.15, 0.2) is 11.5 Å². The summed E-state index contributed by atoms with van der Waals surface area (Å²) >= 11 is 0. The highest BCUT2D eigenvalue weighted by Crippen LogP contribution is 2.27. The molecule has 2 aromatic rings. The molecule has 0 saturated carbocycles. The SMILES string of the molecule is CCCS(=O)(=O)Nc1ccc(NCCc2ccc(OC)c(OC)c2)nc1. The van der Waals surface area contributed by atoms with Crippen LogP contribution in [0.15, 0.2) is 36.5 Å². The van der Waals surface area contributed by atoms with Crippen molar-refractivity contribution in [2.45, 2.75) is 19.8 Å². The highest BCUT2D eigenvalue weighted by molar-refractivity contribution is 7.92. The van der Waals surface area contributed by atoms with Gasteiger partial charge in [0.05, 0.1) is 31.9 Å². The summed E-state index contributed by atoms with van der Waals surface area (Å²) in [6.45, 7) is 2.51. The standard InChI is InChI=1S/C18H25N3O4S/c1-4-11-26(22,23)21-15-6-8-18(20-13-15)19-10-9-14-5-7-16(24-2)17(12-14)25-3/h5-8,12-13,21H,4,9-11H2,1-3H3,(H,19,20). The highest BCUT2D eigenvalue weighted by Gasteiger charge is 2.09. The van der Waals surface area contributed by atoms with E-state index in [0.29, 0.717) is 36.0 Å². The van der Waals surface area contributed by atoms with E-state index < -0.39 is 10.0 Å². The molecule has 0 bridgehead atoms. The van der Waals surface area contributed by atoms with Gasteiger partial charge >= 0.3 is 0 Å². The topological polar surface area (TPSA) is 89.6 Å². The first-order chi connectivity index (χ1) is 12.5. The Balaban J connectivity index is 1.88. The van der Waals surface area contributed by atoms with Crippen LogP contribution >= 0.6 is 0 Å². The number of benzene rings is 1. The van der Waals surface area contributed by atoms with Crippen molar-refractivity contribution in [2.24, 2.45) is 0 Å². The van der Waals surface area contributed by atoms with Crippen molar-refractivity contribution in [2.75, 3.05) is 36.6 Å². The lowest BCUT2D eigenvalue weighted by Crippen LogP contribution is -2.16. The fourth-order valence-electron chi connectivity index (χ4n) is 2.43. The zero-order chi connectivity index (χ0) is 19.0. The molecule has 1 heterocycles. The van der Waals surface area contributed by atoms with Gasteiger partial charge in [-0.1, -0.05) is 13.0 Å². The molecular weight excluding hydrogens is 354 g/mol. The van der Waals surface area contributed by atoms with Gasteiger partial charge in [-0.3, -0.25) is 4.72 Å². The van der Waals surface area contributed by atoms with Crippen LogP contribution in [0.3, 0.4) is 0 Å². The fourth-order valence-corrected chi connectivity index (χ4v) is 3.55. The Morgan fingerprint density at radius 3 is 2.46 bits per heavy atom. The monoisotopic (exact) mass is 379 g/mol. The Labute approximate surface area is 154 Å². The van der Waals surface area contributed by atoms with Gasteiger partial charge < -0.3 is 14.8 Å². The van der Waals surface area contributed by atoms with Crippen LogP contribution in [-0.2, 0) is 16.4 Å². The number of nitrogens with one attached hydrogen (secondary N) is 2. The molecule has 1 aromatic heterocycles. The number of hydrogen-bond donors (Lipinski definition) is 2. The summed E-state index contributed by atoms with van der Waals surface area (Å²) in [5, 5.41) is 3.21. The van der Waals surface area contributed by atoms with Crippen molar-refractivity contribution < 1.29 is 17.9 Å². The van der Waals surface area contributed by atoms with Crippen molar-refractivity contribution >= 4 is 21.5 Å². The van der Waals surface area contributed by atoms with Crippen LogP contribution in [0.25, 0.3) is 0 Å². The molecule has 7 nitrogen and oxygen atoms in total. The zero-order valence-corrected chi connectivity index (χ0v) is 16.1. The lowest BCUT2D eigenvalue weighted by Gasteiger charge is -2.11. The van der Waals surface area contributed by atoms with Gasteiger partial charge in [0, 0.05) is 6.54 Å². The van der Waals surface area contributed by atoms with Crippen LogP contribution in [0.1, 0.15) is 18.9 Å². The number of aromatic nitrogens is 1. The van der Waals surface area contributed by atoms with Crippen molar-refractivity contribution in [1.82, 2.24) is 4.98 Å². The molecule has 0 aliphatic carbocycles. The molecule has 0 fully saturated rings. The minimum Gasteiger partial charge on any atom is -0.493 e. The van der Waals surface area contributed by atoms with Crippen LogP contribution in [0.5, 0.6) is 11.5 Å². The smallest absolute Gasteiger partial charge is 0.232 e. The molecule has 142 valence electrons. The van der Waals surface area contributed by atoms with Gasteiger partial charge in [-0.15, -0.1) is 0 Å². The average molecular weight is 379 g/mol. The van der Waals surface area contributed by atoms with Gasteiger partial charge in [-0.2, -0.15) is 0 Å². The highest BCUT2D eigenvalue weighted by atomic mass is 32.2. The molecule has 26 heavy (non-hydrogen) atoms. The Morgan fingerprint density at radius 1 is 1.08 bits per heavy atom. The number of ether oxygens (including phenoxy) is 2. The van der Waals surface area contributed by atoms with Crippen molar-refractivity contribution in [3.8, 4) is 11.5 Å². The summed E-state index contributed by atoms with van der Waals surface area (Å²) in [4.78, 5) is 4.23. The number of sulfonamides is 1. The molecule has 1 aromatic carbocycles. The number of rotatable bonds is 10. The second-order valence-electron chi connectivity index (χ2n) is 5.72. The third kappa shape index (κ3) is 5.80. The zero-order valence-electron chi connectivity index (χ0n) is 15.3. The van der Waals surface area contributed by atoms with Gasteiger partial charge in [-0.25, -0.2) is 13.4 Å². The molecule has 0 radical (unpaired) electrons. The minimum absolute atomic E-state index is 0.0956. The Hall–Kier alpha value is -2.48. The summed E-state index contributed by atoms with van der Waals surface area (Å²) in [5.74, 6) is 2.18. The second-order valence-corrected chi connectivity index (χ2v) is 7.56. The maximum absolute atomic E-state index is 11.7. The number of pyridine rings is 1. The van der Waals surface area contributed by atoms with E-state index >= 15 is 0 Å². The molecule has 2 rings (SSSR count). The summed E-state index contributed by atoms with van der Waals surface area (Å²) < 4.78 is 36.5. The second kappa shape index (κ2) is 9.28. The average Bonchev–Trinajstić information content (AvgIpc) is 2.62. The summed E-state index contributed by atoms with van der Waals surface area (Å²) in [7, 11) is -0.0763. The summed E-state index contributed by atoms with van der Waals surface area (Å²) in [5.41, 5.74) is 1.57. The van der Waals surface area contributed by atoms with E-state index in [1.165, 1.54) is 6.20 Å². The minimum atomic E-state index is -3.30. The van der Waals surface area contributed by atoms with Gasteiger partial charge in [0.25, 0.3) is 0 Å². The van der Waals surface area contributed by atoms with Gasteiger partial charge in [0.1, 0.15) is 5.82 Å². The molecule has 0 aliphatic heterocycles. The van der Waals surface area contributed by atoms with E-state index in [1.54, 1.807) is 26.4 Å². The lowest BCUT2D eigenvalue weighted by molar-refractivity contribution is 0.354. The van der Waals surface area contributed by atoms with Crippen molar-refractivity contribution in [3.63, 3.8) is 0 Å². The van der Waals surface area contributed by atoms with Crippen molar-refractivity contribution in [3.05, 3.63) is 42.1 Å². The molecule has 0 atom stereocenters. The van der Waals surface area contributed by atoms with E-state index in [4.69, 9.17) is 9.47 Å². The fraction of sp³-hybridized carbons (Fsp3) is 0.389. The third-order valence-corrected chi connectivity index (χ3v) is 5.17. The van der Waals surface area contributed by atoms with Crippen molar-refractivity contribution in [1.29, 1.82) is 0 Å². The molecule has 0 spiro atoms. The molecular formula is C18H25N3O4S. The Bertz CT molecular complexity index is 808. The van der Waals surface area contributed by atoms with E-state index in [0.717, 1.165) is 12.0 Å². The van der Waals surface area contributed by atoms with Crippen LogP contribution < -0.4 is 19.5 Å². The number of anilines is 2. The van der Waals surface area contributed by atoms with Crippen LogP contribution in [0, 0.1) is 0 Å². The lowest BCUT2D eigenvalue weighted by atomic mass is 10.1. The number of hydrogen-bond acceptors (Lipinski definition) is 6. The molecule has 2 N–H and O–H groups in total. The first-order valence-electron chi connectivity index (χ1n) is 8.38. The van der Waals surface area contributed by atoms with Crippen LogP contribution in [0.4, 0.5) is 11.5 Å². The van der Waals surface area contributed by atoms with E-state index in [9.17, 15) is 8.42 Å². The maximum Gasteiger partial charge on any atom is 0.232 e. The largest absolute Gasteiger partial charge is 0.493 e. The molecule has 0 amide bonds. The quantitative estimate of drug-likeness (QED) is 0.660. The number of nitrogens with zero attached hydrogens (tertiary/aromatic N) is 1. The van der Waals surface area contributed by atoms with Crippen LogP contribution in [-0.4, -0.2) is 39.9 Å². The van der Waals surface area contributed by atoms with E-state index in [2.05, 4.69) is 15.0 Å². The van der Waals surface area contributed by atoms with E-state index in [1.807, 2.05) is 25.1 Å². The number of methoxy groups -OCH3 is 2. The van der Waals surface area contributed by atoms with Gasteiger partial charge in [-0.05, 0) is 42.7 Å². The first kappa shape index (κ1) is 19.8.